The molecule has 0 aliphatic carbocycles. The van der Waals surface area contributed by atoms with Gasteiger partial charge >= 0.3 is 0 Å². The molecule has 3 heterocycles. The van der Waals surface area contributed by atoms with Crippen molar-refractivity contribution in [3.05, 3.63) is 64.4 Å². The first kappa shape index (κ1) is 22.6. The third-order valence-electron chi connectivity index (χ3n) is 7.30. The summed E-state index contributed by atoms with van der Waals surface area (Å²) >= 11 is 6.01. The molecule has 3 aliphatic heterocycles. The number of fused-ring (bicyclic) bond motifs is 1. The van der Waals surface area contributed by atoms with E-state index in [2.05, 4.69) is 10.2 Å². The van der Waals surface area contributed by atoms with Gasteiger partial charge in [0.05, 0.1) is 11.3 Å². The van der Waals surface area contributed by atoms with Crippen LogP contribution >= 0.6 is 11.6 Å². The molecule has 2 atom stereocenters. The van der Waals surface area contributed by atoms with Gasteiger partial charge in [0.25, 0.3) is 5.91 Å². The largest absolute Gasteiger partial charge is 0.384 e. The number of nitrogens with one attached hydrogen (secondary N) is 1. The molecule has 0 radical (unpaired) electrons. The summed E-state index contributed by atoms with van der Waals surface area (Å²) in [7, 11) is 0. The van der Waals surface area contributed by atoms with Crippen LogP contribution in [0, 0.1) is 5.82 Å². The summed E-state index contributed by atoms with van der Waals surface area (Å²) in [5.41, 5.74) is 0.604. The highest BCUT2D eigenvalue weighted by Gasteiger charge is 2.42. The molecule has 6 nitrogen and oxygen atoms in total. The molecule has 33 heavy (non-hydrogen) atoms. The number of halogens is 2. The molecular formula is C25H30ClFN4O2. The molecule has 0 bridgehead atoms. The molecule has 8 heteroatoms. The van der Waals surface area contributed by atoms with Crippen LogP contribution in [0.2, 0.25) is 5.02 Å². The van der Waals surface area contributed by atoms with E-state index in [0.29, 0.717) is 43.3 Å². The smallest absolute Gasteiger partial charge is 0.257 e. The van der Waals surface area contributed by atoms with Gasteiger partial charge in [-0.15, -0.1) is 0 Å². The predicted molar refractivity (Wildman–Crippen MR) is 127 cm³/mol. The predicted octanol–water partition coefficient (Wildman–Crippen LogP) is 2.70. The third-order valence-corrected chi connectivity index (χ3v) is 7.55. The molecule has 0 aromatic heterocycles. The number of hydrogen-bond donors (Lipinski definition) is 2. The monoisotopic (exact) mass is 472 g/mol. The molecule has 2 N–H and O–H groups in total. The summed E-state index contributed by atoms with van der Waals surface area (Å²) in [6.45, 7) is 5.32. The number of aliphatic hydroxyl groups is 1. The van der Waals surface area contributed by atoms with Gasteiger partial charge in [0.15, 0.2) is 5.82 Å². The van der Waals surface area contributed by atoms with Gasteiger partial charge in [0.1, 0.15) is 5.60 Å². The maximum Gasteiger partial charge on any atom is 0.257 e. The molecule has 3 fully saturated rings. The lowest BCUT2D eigenvalue weighted by Gasteiger charge is -2.49. The fraction of sp³-hybridized carbons (Fsp3) is 0.480. The second kappa shape index (κ2) is 9.22. The van der Waals surface area contributed by atoms with E-state index < -0.39 is 11.4 Å². The Balaban J connectivity index is 1.27. The van der Waals surface area contributed by atoms with Gasteiger partial charge in [-0.25, -0.2) is 4.39 Å². The minimum atomic E-state index is -0.920. The summed E-state index contributed by atoms with van der Waals surface area (Å²) in [4.78, 5) is 19.3. The first-order valence-electron chi connectivity index (χ1n) is 11.7. The lowest BCUT2D eigenvalue weighted by Crippen LogP contribution is -2.60. The fourth-order valence-corrected chi connectivity index (χ4v) is 5.51. The number of anilines is 1. The molecule has 2 aromatic carbocycles. The minimum absolute atomic E-state index is 0.146. The topological polar surface area (TPSA) is 59.1 Å². The van der Waals surface area contributed by atoms with E-state index in [0.717, 1.165) is 38.2 Å². The van der Waals surface area contributed by atoms with Gasteiger partial charge in [-0.05, 0) is 42.7 Å². The minimum Gasteiger partial charge on any atom is -0.384 e. The van der Waals surface area contributed by atoms with E-state index in [1.165, 1.54) is 0 Å². The molecular weight excluding hydrogens is 443 g/mol. The van der Waals surface area contributed by atoms with Crippen molar-refractivity contribution < 1.29 is 14.3 Å². The summed E-state index contributed by atoms with van der Waals surface area (Å²) in [6, 6.07) is 12.7. The van der Waals surface area contributed by atoms with E-state index in [1.54, 1.807) is 35.2 Å². The standard InChI is InChI=1S/C25H30ClFN4O2/c26-19-6-4-18(5-7-19)25(33)9-8-20-16-30(14-15-31(20)17-25)24(32)21-2-1-3-22(23(21)27)29-12-10-28-11-13-29/h1-7,20,28,33H,8-17H2/t20-,25-/m1/s1. The van der Waals surface area contributed by atoms with Crippen LogP contribution in [-0.2, 0) is 5.60 Å². The molecule has 176 valence electrons. The van der Waals surface area contributed by atoms with E-state index >= 15 is 4.39 Å². The average Bonchev–Trinajstić information content (AvgIpc) is 2.84. The maximum atomic E-state index is 15.4. The number of benzene rings is 2. The maximum absolute atomic E-state index is 15.4. The summed E-state index contributed by atoms with van der Waals surface area (Å²) < 4.78 is 15.4. The first-order chi connectivity index (χ1) is 15.9. The Kier molecular flexibility index (Phi) is 6.31. The average molecular weight is 473 g/mol. The number of rotatable bonds is 3. The number of piperazine rings is 2. The quantitative estimate of drug-likeness (QED) is 0.719. The number of piperidine rings is 1. The number of amides is 1. The van der Waals surface area contributed by atoms with Crippen LogP contribution in [-0.4, -0.2) is 79.2 Å². The van der Waals surface area contributed by atoms with Gasteiger partial charge in [-0.2, -0.15) is 0 Å². The van der Waals surface area contributed by atoms with Crippen LogP contribution < -0.4 is 10.2 Å². The zero-order chi connectivity index (χ0) is 23.0. The highest BCUT2D eigenvalue weighted by molar-refractivity contribution is 6.30. The van der Waals surface area contributed by atoms with Gasteiger partial charge in [-0.3, -0.25) is 9.69 Å². The van der Waals surface area contributed by atoms with Crippen molar-refractivity contribution >= 4 is 23.2 Å². The lowest BCUT2D eigenvalue weighted by molar-refractivity contribution is -0.0740. The van der Waals surface area contributed by atoms with Crippen LogP contribution in [0.5, 0.6) is 0 Å². The Morgan fingerprint density at radius 2 is 1.85 bits per heavy atom. The van der Waals surface area contributed by atoms with Crippen LogP contribution in [0.3, 0.4) is 0 Å². The SMILES string of the molecule is O=C(c1cccc(N2CCNCC2)c1F)N1CCN2C[C@@](O)(c3ccc(Cl)cc3)CC[C@@H]2C1. The van der Waals surface area contributed by atoms with E-state index in [-0.39, 0.29) is 17.5 Å². The van der Waals surface area contributed by atoms with E-state index in [9.17, 15) is 9.90 Å². The molecule has 1 amide bonds. The molecule has 2 aromatic rings. The van der Waals surface area contributed by atoms with Crippen molar-refractivity contribution in [3.63, 3.8) is 0 Å². The van der Waals surface area contributed by atoms with Crippen LogP contribution in [0.4, 0.5) is 10.1 Å². The lowest BCUT2D eigenvalue weighted by atomic mass is 9.82. The molecule has 3 saturated heterocycles. The van der Waals surface area contributed by atoms with Crippen molar-refractivity contribution in [2.24, 2.45) is 0 Å². The van der Waals surface area contributed by atoms with Crippen LogP contribution in [0.1, 0.15) is 28.8 Å². The summed E-state index contributed by atoms with van der Waals surface area (Å²) in [5, 5.41) is 15.2. The Bertz CT molecular complexity index is 1010. The zero-order valence-electron chi connectivity index (χ0n) is 18.6. The Morgan fingerprint density at radius 3 is 2.61 bits per heavy atom. The second-order valence-corrected chi connectivity index (χ2v) is 9.76. The van der Waals surface area contributed by atoms with Crippen LogP contribution in [0.25, 0.3) is 0 Å². The molecule has 0 saturated carbocycles. The summed E-state index contributed by atoms with van der Waals surface area (Å²) in [6.07, 6.45) is 1.39. The Hall–Kier alpha value is -2.19. The third kappa shape index (κ3) is 4.47. The highest BCUT2D eigenvalue weighted by Crippen LogP contribution is 2.36. The van der Waals surface area contributed by atoms with Gasteiger partial charge < -0.3 is 20.2 Å². The van der Waals surface area contributed by atoms with Gasteiger partial charge in [-0.1, -0.05) is 29.8 Å². The first-order valence-corrected chi connectivity index (χ1v) is 12.1. The fourth-order valence-electron chi connectivity index (χ4n) is 5.38. The Morgan fingerprint density at radius 1 is 1.09 bits per heavy atom. The Labute approximate surface area is 198 Å². The molecule has 0 spiro atoms. The van der Waals surface area contributed by atoms with Crippen molar-refractivity contribution in [2.75, 3.05) is 57.3 Å². The number of hydrogen-bond acceptors (Lipinski definition) is 5. The molecule has 5 rings (SSSR count). The molecule has 0 unspecified atom stereocenters. The number of carbonyl (C=O) groups excluding carboxylic acids is 1. The van der Waals surface area contributed by atoms with E-state index in [4.69, 9.17) is 11.6 Å². The van der Waals surface area contributed by atoms with Crippen molar-refractivity contribution in [1.29, 1.82) is 0 Å². The molecule has 3 aliphatic rings. The number of nitrogens with zero attached hydrogens (tertiary/aromatic N) is 3. The summed E-state index contributed by atoms with van der Waals surface area (Å²) in [5.74, 6) is -0.671. The highest BCUT2D eigenvalue weighted by atomic mass is 35.5. The second-order valence-electron chi connectivity index (χ2n) is 9.33. The van der Waals surface area contributed by atoms with Gasteiger partial charge in [0.2, 0.25) is 0 Å². The van der Waals surface area contributed by atoms with Crippen molar-refractivity contribution in [1.82, 2.24) is 15.1 Å². The van der Waals surface area contributed by atoms with E-state index in [1.807, 2.05) is 17.0 Å². The van der Waals surface area contributed by atoms with Crippen molar-refractivity contribution in [3.8, 4) is 0 Å². The van der Waals surface area contributed by atoms with Gasteiger partial charge in [0, 0.05) is 63.4 Å². The normalized spacial score (nSPS) is 26.2. The number of carbonyl (C=O) groups is 1. The van der Waals surface area contributed by atoms with Crippen molar-refractivity contribution in [2.45, 2.75) is 24.5 Å². The zero-order valence-corrected chi connectivity index (χ0v) is 19.4. The van der Waals surface area contributed by atoms with Crippen LogP contribution in [0.15, 0.2) is 42.5 Å².